The lowest BCUT2D eigenvalue weighted by Crippen LogP contribution is -2.28. The summed E-state index contributed by atoms with van der Waals surface area (Å²) in [5, 5.41) is 7.77. The van der Waals surface area contributed by atoms with Crippen molar-refractivity contribution in [3.05, 3.63) is 54.4 Å². The molecule has 0 saturated heterocycles. The van der Waals surface area contributed by atoms with Crippen LogP contribution in [0.3, 0.4) is 0 Å². The predicted octanol–water partition coefficient (Wildman–Crippen LogP) is 2.88. The van der Waals surface area contributed by atoms with Crippen molar-refractivity contribution in [2.24, 2.45) is 0 Å². The topological polar surface area (TPSA) is 29.9 Å². The fourth-order valence-electron chi connectivity index (χ4n) is 2.15. The van der Waals surface area contributed by atoms with Crippen LogP contribution >= 0.6 is 0 Å². The summed E-state index contributed by atoms with van der Waals surface area (Å²) in [6, 6.07) is 13.2. The maximum absolute atomic E-state index is 4.20. The third kappa shape index (κ3) is 5.26. The molecule has 19 heavy (non-hydrogen) atoms. The maximum Gasteiger partial charge on any atom is 0.0489 e. The molecule has 3 heteroatoms. The van der Waals surface area contributed by atoms with E-state index in [4.69, 9.17) is 0 Å². The minimum atomic E-state index is 0.567. The molecule has 102 valence electrons. The van der Waals surface area contributed by atoms with E-state index in [1.165, 1.54) is 12.0 Å². The van der Waals surface area contributed by atoms with Crippen molar-refractivity contribution in [3.8, 4) is 0 Å². The minimum Gasteiger partial charge on any atom is -0.314 e. The molecule has 1 atom stereocenters. The van der Waals surface area contributed by atoms with Gasteiger partial charge in [-0.2, -0.15) is 5.10 Å². The molecule has 1 heterocycles. The molecule has 0 bridgehead atoms. The van der Waals surface area contributed by atoms with E-state index in [0.29, 0.717) is 6.04 Å². The molecule has 0 spiro atoms. The SMILES string of the molecule is CC(CCc1ccccc1)NCCCn1cccn1. The van der Waals surface area contributed by atoms with Crippen LogP contribution in [-0.2, 0) is 13.0 Å². The van der Waals surface area contributed by atoms with Gasteiger partial charge < -0.3 is 5.32 Å². The molecule has 1 aromatic heterocycles. The Labute approximate surface area is 115 Å². The molecule has 0 fully saturated rings. The molecule has 0 aliphatic heterocycles. The van der Waals surface area contributed by atoms with Crippen LogP contribution in [0, 0.1) is 0 Å². The Kier molecular flexibility index (Phi) is 5.63. The third-order valence-electron chi connectivity index (χ3n) is 3.32. The van der Waals surface area contributed by atoms with E-state index in [1.807, 2.05) is 23.1 Å². The fourth-order valence-corrected chi connectivity index (χ4v) is 2.15. The summed E-state index contributed by atoms with van der Waals surface area (Å²) in [7, 11) is 0. The van der Waals surface area contributed by atoms with E-state index < -0.39 is 0 Å². The summed E-state index contributed by atoms with van der Waals surface area (Å²) in [6.45, 7) is 4.30. The average Bonchev–Trinajstić information content (AvgIpc) is 2.96. The maximum atomic E-state index is 4.20. The molecule has 0 radical (unpaired) electrons. The van der Waals surface area contributed by atoms with Gasteiger partial charge in [-0.3, -0.25) is 4.68 Å². The first kappa shape index (κ1) is 13.8. The fraction of sp³-hybridized carbons (Fsp3) is 0.438. The summed E-state index contributed by atoms with van der Waals surface area (Å²) in [4.78, 5) is 0. The van der Waals surface area contributed by atoms with Crippen LogP contribution in [0.15, 0.2) is 48.8 Å². The molecule has 2 aromatic rings. The number of aryl methyl sites for hydroxylation is 2. The van der Waals surface area contributed by atoms with Crippen molar-refractivity contribution in [2.45, 2.75) is 38.8 Å². The van der Waals surface area contributed by atoms with Gasteiger partial charge in [-0.1, -0.05) is 30.3 Å². The highest BCUT2D eigenvalue weighted by atomic mass is 15.3. The van der Waals surface area contributed by atoms with Gasteiger partial charge in [0.2, 0.25) is 0 Å². The summed E-state index contributed by atoms with van der Waals surface area (Å²) in [5.41, 5.74) is 1.42. The van der Waals surface area contributed by atoms with Crippen molar-refractivity contribution < 1.29 is 0 Å². The van der Waals surface area contributed by atoms with Crippen LogP contribution in [0.2, 0.25) is 0 Å². The third-order valence-corrected chi connectivity index (χ3v) is 3.32. The van der Waals surface area contributed by atoms with E-state index >= 15 is 0 Å². The molecule has 1 N–H and O–H groups in total. The van der Waals surface area contributed by atoms with E-state index in [0.717, 1.165) is 25.9 Å². The van der Waals surface area contributed by atoms with Crippen molar-refractivity contribution in [1.29, 1.82) is 0 Å². The number of aromatic nitrogens is 2. The van der Waals surface area contributed by atoms with Gasteiger partial charge in [0.05, 0.1) is 0 Å². The van der Waals surface area contributed by atoms with Crippen molar-refractivity contribution in [1.82, 2.24) is 15.1 Å². The molecule has 1 aromatic carbocycles. The van der Waals surface area contributed by atoms with Gasteiger partial charge in [-0.05, 0) is 44.4 Å². The van der Waals surface area contributed by atoms with Gasteiger partial charge in [-0.15, -0.1) is 0 Å². The normalized spacial score (nSPS) is 12.5. The molecule has 0 amide bonds. The molecule has 1 unspecified atom stereocenters. The molecule has 0 aliphatic carbocycles. The first-order chi connectivity index (χ1) is 9.34. The molecular formula is C16H23N3. The van der Waals surface area contributed by atoms with E-state index in [9.17, 15) is 0 Å². The number of nitrogens with one attached hydrogen (secondary N) is 1. The van der Waals surface area contributed by atoms with Crippen LogP contribution < -0.4 is 5.32 Å². The quantitative estimate of drug-likeness (QED) is 0.737. The Hall–Kier alpha value is -1.61. The highest BCUT2D eigenvalue weighted by Gasteiger charge is 2.01. The Morgan fingerprint density at radius 2 is 2.05 bits per heavy atom. The van der Waals surface area contributed by atoms with Crippen LogP contribution in [0.5, 0.6) is 0 Å². The van der Waals surface area contributed by atoms with Gasteiger partial charge in [0, 0.05) is 25.0 Å². The van der Waals surface area contributed by atoms with Gasteiger partial charge in [0.1, 0.15) is 0 Å². The predicted molar refractivity (Wildman–Crippen MR) is 79.1 cm³/mol. The number of hydrogen-bond acceptors (Lipinski definition) is 2. The summed E-state index contributed by atoms with van der Waals surface area (Å²) in [6.07, 6.45) is 7.30. The van der Waals surface area contributed by atoms with E-state index in [2.05, 4.69) is 47.7 Å². The summed E-state index contributed by atoms with van der Waals surface area (Å²) >= 11 is 0. The molecule has 3 nitrogen and oxygen atoms in total. The zero-order chi connectivity index (χ0) is 13.3. The van der Waals surface area contributed by atoms with Gasteiger partial charge in [-0.25, -0.2) is 0 Å². The molecule has 2 rings (SSSR count). The first-order valence-corrected chi connectivity index (χ1v) is 7.09. The largest absolute Gasteiger partial charge is 0.314 e. The second-order valence-corrected chi connectivity index (χ2v) is 5.00. The Bertz CT molecular complexity index is 436. The van der Waals surface area contributed by atoms with E-state index in [1.54, 1.807) is 0 Å². The second kappa shape index (κ2) is 7.74. The van der Waals surface area contributed by atoms with Crippen LogP contribution in [-0.4, -0.2) is 22.4 Å². The number of rotatable bonds is 8. The van der Waals surface area contributed by atoms with Crippen molar-refractivity contribution in [3.63, 3.8) is 0 Å². The monoisotopic (exact) mass is 257 g/mol. The van der Waals surface area contributed by atoms with Crippen molar-refractivity contribution >= 4 is 0 Å². The Morgan fingerprint density at radius 3 is 2.79 bits per heavy atom. The number of benzene rings is 1. The van der Waals surface area contributed by atoms with Gasteiger partial charge >= 0.3 is 0 Å². The standard InChI is InChI=1S/C16H23N3/c1-15(9-10-16-7-3-2-4-8-16)17-11-5-13-19-14-6-12-18-19/h2-4,6-8,12,14-15,17H,5,9-11,13H2,1H3. The summed E-state index contributed by atoms with van der Waals surface area (Å²) in [5.74, 6) is 0. The average molecular weight is 257 g/mol. The van der Waals surface area contributed by atoms with Gasteiger partial charge in [0.25, 0.3) is 0 Å². The van der Waals surface area contributed by atoms with E-state index in [-0.39, 0.29) is 0 Å². The highest BCUT2D eigenvalue weighted by Crippen LogP contribution is 2.04. The smallest absolute Gasteiger partial charge is 0.0489 e. The lowest BCUT2D eigenvalue weighted by atomic mass is 10.1. The van der Waals surface area contributed by atoms with Gasteiger partial charge in [0.15, 0.2) is 0 Å². The molecular weight excluding hydrogens is 234 g/mol. The lowest BCUT2D eigenvalue weighted by molar-refractivity contribution is 0.478. The van der Waals surface area contributed by atoms with Crippen LogP contribution in [0.1, 0.15) is 25.3 Å². The molecule has 0 aliphatic rings. The van der Waals surface area contributed by atoms with Crippen LogP contribution in [0.4, 0.5) is 0 Å². The molecule has 0 saturated carbocycles. The second-order valence-electron chi connectivity index (χ2n) is 5.00. The zero-order valence-corrected chi connectivity index (χ0v) is 11.6. The minimum absolute atomic E-state index is 0.567. The van der Waals surface area contributed by atoms with Crippen LogP contribution in [0.25, 0.3) is 0 Å². The first-order valence-electron chi connectivity index (χ1n) is 7.09. The summed E-state index contributed by atoms with van der Waals surface area (Å²) < 4.78 is 1.98. The Morgan fingerprint density at radius 1 is 1.21 bits per heavy atom. The number of nitrogens with zero attached hydrogens (tertiary/aromatic N) is 2. The van der Waals surface area contributed by atoms with Crippen molar-refractivity contribution in [2.75, 3.05) is 6.54 Å². The number of hydrogen-bond donors (Lipinski definition) is 1. The Balaban J connectivity index is 1.56. The lowest BCUT2D eigenvalue weighted by Gasteiger charge is -2.13. The highest BCUT2D eigenvalue weighted by molar-refractivity contribution is 5.14. The zero-order valence-electron chi connectivity index (χ0n) is 11.6.